The molecule has 1 N–H and O–H groups in total. The average Bonchev–Trinajstić information content (AvgIpc) is 3.13. The van der Waals surface area contributed by atoms with Gasteiger partial charge in [-0.2, -0.15) is 0 Å². The number of nitrogens with one attached hydrogen (secondary N) is 1. The predicted octanol–water partition coefficient (Wildman–Crippen LogP) is 4.38. The summed E-state index contributed by atoms with van der Waals surface area (Å²) < 4.78 is 5.58. The Hall–Kier alpha value is -2.07. The van der Waals surface area contributed by atoms with E-state index in [1.165, 1.54) is 0 Å². The summed E-state index contributed by atoms with van der Waals surface area (Å²) in [6.45, 7) is 2.06. The van der Waals surface area contributed by atoms with E-state index < -0.39 is 0 Å². The molecule has 0 saturated carbocycles. The van der Waals surface area contributed by atoms with E-state index in [0.717, 1.165) is 22.3 Å². The second kappa shape index (κ2) is 5.51. The molecule has 102 valence electrons. The maximum atomic E-state index is 12.3. The van der Waals surface area contributed by atoms with E-state index in [9.17, 15) is 4.79 Å². The Kier molecular flexibility index (Phi) is 3.56. The van der Waals surface area contributed by atoms with Gasteiger partial charge in [-0.15, -0.1) is 11.3 Å². The Labute approximate surface area is 121 Å². The number of para-hydroxylation sites is 1. The molecule has 0 fully saturated rings. The van der Waals surface area contributed by atoms with Gasteiger partial charge in [-0.3, -0.25) is 4.79 Å². The molecule has 0 saturated heterocycles. The van der Waals surface area contributed by atoms with Gasteiger partial charge in [0.25, 0.3) is 5.91 Å². The van der Waals surface area contributed by atoms with E-state index in [1.807, 2.05) is 41.8 Å². The van der Waals surface area contributed by atoms with Crippen molar-refractivity contribution >= 4 is 28.2 Å². The highest BCUT2D eigenvalue weighted by molar-refractivity contribution is 7.10. The minimum absolute atomic E-state index is 0.0377. The van der Waals surface area contributed by atoms with Crippen LogP contribution in [0.5, 0.6) is 0 Å². The molecule has 0 radical (unpaired) electrons. The number of carbonyl (C=O) groups is 1. The van der Waals surface area contributed by atoms with Gasteiger partial charge in [0.1, 0.15) is 5.58 Å². The fourth-order valence-corrected chi connectivity index (χ4v) is 3.05. The van der Waals surface area contributed by atoms with Gasteiger partial charge in [-0.25, -0.2) is 0 Å². The topological polar surface area (TPSA) is 42.2 Å². The molecule has 2 aromatic heterocycles. The largest absolute Gasteiger partial charge is 0.451 e. The summed E-state index contributed by atoms with van der Waals surface area (Å²) in [7, 11) is 0. The summed E-state index contributed by atoms with van der Waals surface area (Å²) >= 11 is 1.65. The van der Waals surface area contributed by atoms with Crippen LogP contribution >= 0.6 is 11.3 Å². The first-order valence-electron chi connectivity index (χ1n) is 6.60. The van der Waals surface area contributed by atoms with Crippen molar-refractivity contribution in [2.45, 2.75) is 19.4 Å². The van der Waals surface area contributed by atoms with Crippen molar-refractivity contribution in [3.8, 4) is 0 Å². The molecular weight excluding hydrogens is 270 g/mol. The molecule has 3 aromatic rings. The maximum absolute atomic E-state index is 12.3. The fraction of sp³-hybridized carbons (Fsp3) is 0.188. The molecule has 0 spiro atoms. The number of hydrogen-bond acceptors (Lipinski definition) is 3. The van der Waals surface area contributed by atoms with Crippen molar-refractivity contribution in [3.63, 3.8) is 0 Å². The first-order chi connectivity index (χ1) is 9.78. The summed E-state index contributed by atoms with van der Waals surface area (Å²) in [6.07, 6.45) is 0.854. The van der Waals surface area contributed by atoms with Crippen LogP contribution < -0.4 is 5.32 Å². The minimum Gasteiger partial charge on any atom is -0.451 e. The molecule has 2 heterocycles. The summed E-state index contributed by atoms with van der Waals surface area (Å²) in [5, 5.41) is 5.99. The SMILES string of the molecule is CC[C@@H](NC(=O)c1cc2ccccc2o1)c1cccs1. The number of carbonyl (C=O) groups excluding carboxylic acids is 1. The zero-order chi connectivity index (χ0) is 13.9. The summed E-state index contributed by atoms with van der Waals surface area (Å²) in [5.74, 6) is 0.197. The number of hydrogen-bond donors (Lipinski definition) is 1. The van der Waals surface area contributed by atoms with Crippen LogP contribution in [0.3, 0.4) is 0 Å². The van der Waals surface area contributed by atoms with E-state index in [4.69, 9.17) is 4.42 Å². The highest BCUT2D eigenvalue weighted by Gasteiger charge is 2.17. The van der Waals surface area contributed by atoms with Crippen molar-refractivity contribution in [2.75, 3.05) is 0 Å². The van der Waals surface area contributed by atoms with Crippen LogP contribution in [0.15, 0.2) is 52.3 Å². The van der Waals surface area contributed by atoms with Gasteiger partial charge in [-0.05, 0) is 30.0 Å². The highest BCUT2D eigenvalue weighted by atomic mass is 32.1. The molecule has 4 heteroatoms. The van der Waals surface area contributed by atoms with Crippen LogP contribution in [0.2, 0.25) is 0 Å². The van der Waals surface area contributed by atoms with Gasteiger partial charge in [0.2, 0.25) is 0 Å². The predicted molar refractivity (Wildman–Crippen MR) is 81.0 cm³/mol. The van der Waals surface area contributed by atoms with E-state index in [1.54, 1.807) is 17.4 Å². The first-order valence-corrected chi connectivity index (χ1v) is 7.48. The standard InChI is InChI=1S/C16H15NO2S/c1-2-12(15-8-5-9-20-15)17-16(18)14-10-11-6-3-4-7-13(11)19-14/h3-10,12H,2H2,1H3,(H,17,18)/t12-/m1/s1. The smallest absolute Gasteiger partial charge is 0.287 e. The Bertz CT molecular complexity index is 682. The average molecular weight is 285 g/mol. The number of fused-ring (bicyclic) bond motifs is 1. The van der Waals surface area contributed by atoms with Gasteiger partial charge in [-0.1, -0.05) is 31.2 Å². The van der Waals surface area contributed by atoms with Crippen molar-refractivity contribution in [1.82, 2.24) is 5.32 Å². The van der Waals surface area contributed by atoms with Crippen LogP contribution in [0, 0.1) is 0 Å². The van der Waals surface area contributed by atoms with Crippen molar-refractivity contribution < 1.29 is 9.21 Å². The molecule has 0 unspecified atom stereocenters. The van der Waals surface area contributed by atoms with Crippen molar-refractivity contribution in [3.05, 3.63) is 58.5 Å². The Morgan fingerprint density at radius 1 is 1.30 bits per heavy atom. The fourth-order valence-electron chi connectivity index (χ4n) is 2.19. The minimum atomic E-state index is -0.165. The molecule has 20 heavy (non-hydrogen) atoms. The molecule has 0 aliphatic heterocycles. The number of thiophene rings is 1. The summed E-state index contributed by atoms with van der Waals surface area (Å²) in [4.78, 5) is 13.4. The first kappa shape index (κ1) is 12.9. The quantitative estimate of drug-likeness (QED) is 0.773. The van der Waals surface area contributed by atoms with E-state index in [2.05, 4.69) is 12.2 Å². The van der Waals surface area contributed by atoms with E-state index in [0.29, 0.717) is 5.76 Å². The molecule has 1 aromatic carbocycles. The molecule has 3 nitrogen and oxygen atoms in total. The van der Waals surface area contributed by atoms with Gasteiger partial charge >= 0.3 is 0 Å². The Morgan fingerprint density at radius 3 is 2.85 bits per heavy atom. The molecular formula is C16H15NO2S. The summed E-state index contributed by atoms with van der Waals surface area (Å²) in [5.41, 5.74) is 0.738. The second-order valence-corrected chi connectivity index (χ2v) is 5.58. The molecule has 1 amide bonds. The van der Waals surface area contributed by atoms with Crippen LogP contribution in [-0.2, 0) is 0 Å². The third-order valence-corrected chi connectivity index (χ3v) is 4.24. The molecule has 0 bridgehead atoms. The lowest BCUT2D eigenvalue weighted by Gasteiger charge is -2.14. The number of rotatable bonds is 4. The lowest BCUT2D eigenvalue weighted by atomic mass is 10.2. The van der Waals surface area contributed by atoms with Gasteiger partial charge in [0.15, 0.2) is 5.76 Å². The lowest BCUT2D eigenvalue weighted by molar-refractivity contribution is 0.0910. The van der Waals surface area contributed by atoms with Crippen molar-refractivity contribution in [2.24, 2.45) is 0 Å². The number of amides is 1. The zero-order valence-corrected chi connectivity index (χ0v) is 11.9. The number of benzene rings is 1. The van der Waals surface area contributed by atoms with Crippen LogP contribution in [0.4, 0.5) is 0 Å². The molecule has 1 atom stereocenters. The maximum Gasteiger partial charge on any atom is 0.287 e. The molecule has 0 aliphatic rings. The lowest BCUT2D eigenvalue weighted by Crippen LogP contribution is -2.27. The normalized spacial score (nSPS) is 12.4. The van der Waals surface area contributed by atoms with Gasteiger partial charge in [0.05, 0.1) is 6.04 Å². The van der Waals surface area contributed by atoms with E-state index in [-0.39, 0.29) is 11.9 Å². The van der Waals surface area contributed by atoms with Crippen LogP contribution in [-0.4, -0.2) is 5.91 Å². The summed E-state index contributed by atoms with van der Waals surface area (Å²) in [6, 6.07) is 13.5. The second-order valence-electron chi connectivity index (χ2n) is 4.60. The van der Waals surface area contributed by atoms with E-state index >= 15 is 0 Å². The van der Waals surface area contributed by atoms with Crippen LogP contribution in [0.1, 0.15) is 34.8 Å². The van der Waals surface area contributed by atoms with Crippen LogP contribution in [0.25, 0.3) is 11.0 Å². The Morgan fingerprint density at radius 2 is 2.15 bits per heavy atom. The third kappa shape index (κ3) is 2.47. The van der Waals surface area contributed by atoms with Gasteiger partial charge in [0, 0.05) is 10.3 Å². The zero-order valence-electron chi connectivity index (χ0n) is 11.1. The highest BCUT2D eigenvalue weighted by Crippen LogP contribution is 2.23. The number of furan rings is 1. The van der Waals surface area contributed by atoms with Gasteiger partial charge < -0.3 is 9.73 Å². The van der Waals surface area contributed by atoms with Crippen molar-refractivity contribution in [1.29, 1.82) is 0 Å². The third-order valence-electron chi connectivity index (χ3n) is 3.25. The molecule has 3 rings (SSSR count). The monoisotopic (exact) mass is 285 g/mol. The molecule has 0 aliphatic carbocycles. The Balaban J connectivity index is 1.81.